The minimum Gasteiger partial charge on any atom is -0.337 e. The van der Waals surface area contributed by atoms with Gasteiger partial charge in [-0.2, -0.15) is 10.2 Å². The third-order valence-electron chi connectivity index (χ3n) is 4.44. The van der Waals surface area contributed by atoms with Crippen molar-refractivity contribution in [1.29, 1.82) is 0 Å². The van der Waals surface area contributed by atoms with Crippen LogP contribution >= 0.6 is 0 Å². The van der Waals surface area contributed by atoms with Crippen molar-refractivity contribution in [3.8, 4) is 0 Å². The molecule has 0 aliphatic carbocycles. The van der Waals surface area contributed by atoms with Crippen LogP contribution in [0.15, 0.2) is 36.7 Å². The Morgan fingerprint density at radius 1 is 1.25 bits per heavy atom. The van der Waals surface area contributed by atoms with Gasteiger partial charge in [0.25, 0.3) is 0 Å². The van der Waals surface area contributed by atoms with Gasteiger partial charge in [0.2, 0.25) is 5.91 Å². The molecule has 1 fully saturated rings. The Morgan fingerprint density at radius 2 is 2.04 bits per heavy atom. The molecule has 3 atom stereocenters. The average molecular weight is 332 g/mol. The van der Waals surface area contributed by atoms with Crippen LogP contribution in [0.1, 0.15) is 36.6 Å². The Kier molecular flexibility index (Phi) is 4.53. The molecule has 1 saturated heterocycles. The molecule has 1 aromatic heterocycles. The fraction of sp³-hybridized carbons (Fsp3) is 0.353. The third kappa shape index (κ3) is 3.12. The molecule has 1 N–H and O–H groups in total. The van der Waals surface area contributed by atoms with E-state index < -0.39 is 11.6 Å². The van der Waals surface area contributed by atoms with Gasteiger partial charge in [-0.1, -0.05) is 6.07 Å². The van der Waals surface area contributed by atoms with E-state index in [1.165, 1.54) is 6.07 Å². The van der Waals surface area contributed by atoms with Crippen molar-refractivity contribution in [2.75, 3.05) is 7.05 Å². The number of nitrogens with one attached hydrogen (secondary N) is 1. The molecule has 2 heterocycles. The van der Waals surface area contributed by atoms with Gasteiger partial charge >= 0.3 is 0 Å². The summed E-state index contributed by atoms with van der Waals surface area (Å²) in [4.78, 5) is 13.7. The summed E-state index contributed by atoms with van der Waals surface area (Å²) in [7, 11) is 1.68. The maximum atomic E-state index is 13.6. The zero-order valence-electron chi connectivity index (χ0n) is 13.4. The molecule has 126 valence electrons. The quantitative estimate of drug-likeness (QED) is 0.934. The predicted molar refractivity (Wildman–Crippen MR) is 83.9 cm³/mol. The maximum absolute atomic E-state index is 13.6. The second-order valence-electron chi connectivity index (χ2n) is 6.00. The first-order valence-corrected chi connectivity index (χ1v) is 7.70. The number of amides is 1. The highest BCUT2D eigenvalue weighted by Gasteiger charge is 2.39. The number of carbonyl (C=O) groups is 1. The van der Waals surface area contributed by atoms with Gasteiger partial charge in [-0.15, -0.1) is 0 Å². The number of benzene rings is 1. The summed E-state index contributed by atoms with van der Waals surface area (Å²) in [6.07, 6.45) is 3.56. The monoisotopic (exact) mass is 332 g/mol. The molecule has 1 amide bonds. The Bertz CT molecular complexity index is 741. The van der Waals surface area contributed by atoms with Crippen LogP contribution in [0.4, 0.5) is 8.78 Å². The van der Waals surface area contributed by atoms with Crippen molar-refractivity contribution in [2.45, 2.75) is 31.5 Å². The van der Waals surface area contributed by atoms with E-state index >= 15 is 0 Å². The second kappa shape index (κ2) is 6.60. The number of aromatic nitrogens is 2. The summed E-state index contributed by atoms with van der Waals surface area (Å²) >= 11 is 0. The van der Waals surface area contributed by atoms with Crippen LogP contribution in [0.5, 0.6) is 0 Å². The summed E-state index contributed by atoms with van der Waals surface area (Å²) in [6, 6.07) is 4.98. The molecule has 7 heteroatoms. The van der Waals surface area contributed by atoms with Crippen molar-refractivity contribution >= 4 is 5.91 Å². The smallest absolute Gasteiger partial charge is 0.224 e. The first-order valence-electron chi connectivity index (χ1n) is 7.70. The molecule has 1 aliphatic heterocycles. The standard InChI is InChI=1S/C17H18F2N4O/c1-10(12-5-6-20-21-9-12)22-15-8-16(24)23(2)17(15)11-3-4-13(18)14(19)7-11/h3-7,9-10,15,17,22H,8H2,1-2H3/t10?,15-,17+/m1/s1. The van der Waals surface area contributed by atoms with Gasteiger partial charge in [0.05, 0.1) is 12.2 Å². The molecule has 1 aliphatic rings. The van der Waals surface area contributed by atoms with E-state index in [1.54, 1.807) is 24.3 Å². The number of halogens is 2. The summed E-state index contributed by atoms with van der Waals surface area (Å²) in [6.45, 7) is 1.96. The Labute approximate surface area is 138 Å². The highest BCUT2D eigenvalue weighted by molar-refractivity contribution is 5.80. The normalized spacial score (nSPS) is 22.0. The number of carbonyl (C=O) groups excluding carboxylic acids is 1. The van der Waals surface area contributed by atoms with Gasteiger partial charge in [-0.25, -0.2) is 8.78 Å². The molecule has 0 bridgehead atoms. The minimum absolute atomic E-state index is 0.0395. The summed E-state index contributed by atoms with van der Waals surface area (Å²) in [5.41, 5.74) is 1.51. The molecule has 0 radical (unpaired) electrons. The Hall–Kier alpha value is -2.41. The molecule has 1 aromatic carbocycles. The molecule has 3 rings (SSSR count). The predicted octanol–water partition coefficient (Wildman–Crippen LogP) is 2.38. The molecule has 0 spiro atoms. The summed E-state index contributed by atoms with van der Waals surface area (Å²) in [5, 5.41) is 11.0. The Morgan fingerprint density at radius 3 is 2.71 bits per heavy atom. The second-order valence-corrected chi connectivity index (χ2v) is 6.00. The molecular weight excluding hydrogens is 314 g/mol. The number of likely N-dealkylation sites (N-methyl/N-ethyl adjacent to an activating group) is 1. The molecule has 24 heavy (non-hydrogen) atoms. The van der Waals surface area contributed by atoms with Crippen molar-refractivity contribution in [3.63, 3.8) is 0 Å². The van der Waals surface area contributed by atoms with Crippen LogP contribution in [0.3, 0.4) is 0 Å². The van der Waals surface area contributed by atoms with Gasteiger partial charge in [0, 0.05) is 31.7 Å². The van der Waals surface area contributed by atoms with E-state index in [0.717, 1.165) is 17.7 Å². The fourth-order valence-electron chi connectivity index (χ4n) is 3.15. The van der Waals surface area contributed by atoms with E-state index in [1.807, 2.05) is 13.0 Å². The van der Waals surface area contributed by atoms with E-state index in [4.69, 9.17) is 0 Å². The van der Waals surface area contributed by atoms with Crippen molar-refractivity contribution in [1.82, 2.24) is 20.4 Å². The van der Waals surface area contributed by atoms with E-state index in [9.17, 15) is 13.6 Å². The average Bonchev–Trinajstić information content (AvgIpc) is 2.85. The zero-order valence-corrected chi connectivity index (χ0v) is 13.4. The van der Waals surface area contributed by atoms with Crippen LogP contribution in [0, 0.1) is 11.6 Å². The highest BCUT2D eigenvalue weighted by atomic mass is 19.2. The number of hydrogen-bond donors (Lipinski definition) is 1. The lowest BCUT2D eigenvalue weighted by Gasteiger charge is -2.28. The largest absolute Gasteiger partial charge is 0.337 e. The lowest BCUT2D eigenvalue weighted by atomic mass is 9.98. The lowest BCUT2D eigenvalue weighted by Crippen LogP contribution is -2.36. The number of nitrogens with zero attached hydrogens (tertiary/aromatic N) is 3. The minimum atomic E-state index is -0.912. The maximum Gasteiger partial charge on any atom is 0.224 e. The SMILES string of the molecule is CC(N[C@@H]1CC(=O)N(C)[C@H]1c1ccc(F)c(F)c1)c1ccnnc1. The van der Waals surface area contributed by atoms with Gasteiger partial charge in [0.15, 0.2) is 11.6 Å². The third-order valence-corrected chi connectivity index (χ3v) is 4.44. The lowest BCUT2D eigenvalue weighted by molar-refractivity contribution is -0.127. The van der Waals surface area contributed by atoms with Crippen LogP contribution in [0.2, 0.25) is 0 Å². The molecule has 0 saturated carbocycles. The molecular formula is C17H18F2N4O. The van der Waals surface area contributed by atoms with E-state index in [-0.39, 0.29) is 24.0 Å². The molecule has 5 nitrogen and oxygen atoms in total. The first-order chi connectivity index (χ1) is 11.5. The van der Waals surface area contributed by atoms with Crippen LogP contribution in [-0.4, -0.2) is 34.1 Å². The van der Waals surface area contributed by atoms with E-state index in [2.05, 4.69) is 15.5 Å². The summed E-state index contributed by atoms with van der Waals surface area (Å²) < 4.78 is 26.8. The zero-order chi connectivity index (χ0) is 17.3. The molecule has 1 unspecified atom stereocenters. The van der Waals surface area contributed by atoms with Crippen LogP contribution in [-0.2, 0) is 4.79 Å². The van der Waals surface area contributed by atoms with Crippen molar-refractivity contribution in [2.24, 2.45) is 0 Å². The van der Waals surface area contributed by atoms with Gasteiger partial charge < -0.3 is 10.2 Å². The van der Waals surface area contributed by atoms with Crippen LogP contribution < -0.4 is 5.32 Å². The number of hydrogen-bond acceptors (Lipinski definition) is 4. The van der Waals surface area contributed by atoms with Crippen LogP contribution in [0.25, 0.3) is 0 Å². The summed E-state index contributed by atoms with van der Waals surface area (Å²) in [5.74, 6) is -1.85. The topological polar surface area (TPSA) is 58.1 Å². The van der Waals surface area contributed by atoms with Crippen molar-refractivity contribution < 1.29 is 13.6 Å². The number of likely N-dealkylation sites (tertiary alicyclic amines) is 1. The van der Waals surface area contributed by atoms with Crippen molar-refractivity contribution in [3.05, 3.63) is 59.4 Å². The highest BCUT2D eigenvalue weighted by Crippen LogP contribution is 2.33. The molecule has 2 aromatic rings. The fourth-order valence-corrected chi connectivity index (χ4v) is 3.15. The van der Waals surface area contributed by atoms with Gasteiger partial charge in [-0.3, -0.25) is 4.79 Å². The van der Waals surface area contributed by atoms with Gasteiger partial charge in [0.1, 0.15) is 0 Å². The number of rotatable bonds is 4. The van der Waals surface area contributed by atoms with Gasteiger partial charge in [-0.05, 0) is 36.2 Å². The Balaban J connectivity index is 1.85. The van der Waals surface area contributed by atoms with E-state index in [0.29, 0.717) is 12.0 Å². The first kappa shape index (κ1) is 16.4.